The number of nitrogens with zero attached hydrogens (tertiary/aromatic N) is 3. The molecule has 4 rings (SSSR count). The van der Waals surface area contributed by atoms with Crippen LogP contribution in [0.1, 0.15) is 32.1 Å². The third kappa shape index (κ3) is 3.97. The van der Waals surface area contributed by atoms with Crippen molar-refractivity contribution >= 4 is 34.0 Å². The minimum Gasteiger partial charge on any atom is -0.367 e. The summed E-state index contributed by atoms with van der Waals surface area (Å²) in [6.07, 6.45) is 6.05. The Morgan fingerprint density at radius 1 is 1.00 bits per heavy atom. The van der Waals surface area contributed by atoms with Crippen molar-refractivity contribution < 1.29 is 4.92 Å². The monoisotopic (exact) mass is 363 g/mol. The number of fused-ring (bicyclic) bond motifs is 1. The number of benzene rings is 2. The molecule has 1 aliphatic rings. The van der Waals surface area contributed by atoms with Gasteiger partial charge in [0.1, 0.15) is 5.82 Å². The molecule has 1 saturated carbocycles. The summed E-state index contributed by atoms with van der Waals surface area (Å²) in [7, 11) is 0. The Morgan fingerprint density at radius 3 is 2.63 bits per heavy atom. The lowest BCUT2D eigenvalue weighted by molar-refractivity contribution is -0.384. The van der Waals surface area contributed by atoms with Gasteiger partial charge in [0.25, 0.3) is 5.69 Å². The normalized spacial score (nSPS) is 14.8. The van der Waals surface area contributed by atoms with E-state index in [4.69, 9.17) is 0 Å². The first-order chi connectivity index (χ1) is 13.2. The fourth-order valence-corrected chi connectivity index (χ4v) is 3.51. The minimum absolute atomic E-state index is 0.0290. The van der Waals surface area contributed by atoms with E-state index in [9.17, 15) is 10.1 Å². The van der Waals surface area contributed by atoms with Crippen LogP contribution >= 0.6 is 0 Å². The van der Waals surface area contributed by atoms with E-state index in [1.165, 1.54) is 31.4 Å². The van der Waals surface area contributed by atoms with Crippen molar-refractivity contribution in [1.29, 1.82) is 0 Å². The molecule has 3 aromatic rings. The number of anilines is 3. The molecule has 0 amide bonds. The molecule has 2 aromatic carbocycles. The summed E-state index contributed by atoms with van der Waals surface area (Å²) in [6, 6.07) is 14.6. The molecule has 1 fully saturated rings. The van der Waals surface area contributed by atoms with E-state index in [-0.39, 0.29) is 5.69 Å². The zero-order chi connectivity index (χ0) is 18.6. The van der Waals surface area contributed by atoms with Gasteiger partial charge in [0.15, 0.2) is 0 Å². The SMILES string of the molecule is O=[N+]([O-])c1cccc(Nc2nc(NC3CCCCC3)c3ccccc3n2)c1. The van der Waals surface area contributed by atoms with Gasteiger partial charge < -0.3 is 10.6 Å². The molecule has 7 heteroatoms. The van der Waals surface area contributed by atoms with Crippen molar-refractivity contribution in [3.63, 3.8) is 0 Å². The molecular weight excluding hydrogens is 342 g/mol. The Balaban J connectivity index is 1.66. The summed E-state index contributed by atoms with van der Waals surface area (Å²) in [4.78, 5) is 19.8. The standard InChI is InChI=1S/C20H21N5O2/c26-25(27)16-10-6-9-15(13-16)22-20-23-18-12-5-4-11-17(18)19(24-20)21-14-7-2-1-3-8-14/h4-6,9-14H,1-3,7-8H2,(H2,21,22,23,24). The van der Waals surface area contributed by atoms with Crippen LogP contribution in [-0.4, -0.2) is 20.9 Å². The molecule has 0 radical (unpaired) electrons. The second-order valence-electron chi connectivity index (χ2n) is 6.82. The minimum atomic E-state index is -0.414. The van der Waals surface area contributed by atoms with E-state index in [0.29, 0.717) is 17.7 Å². The summed E-state index contributed by atoms with van der Waals surface area (Å²) >= 11 is 0. The molecule has 27 heavy (non-hydrogen) atoms. The number of hydrogen-bond acceptors (Lipinski definition) is 6. The zero-order valence-corrected chi connectivity index (χ0v) is 14.9. The van der Waals surface area contributed by atoms with Crippen LogP contribution in [0.15, 0.2) is 48.5 Å². The predicted octanol–water partition coefficient (Wildman–Crippen LogP) is 5.03. The molecule has 2 N–H and O–H groups in total. The second kappa shape index (κ2) is 7.57. The molecular formula is C20H21N5O2. The van der Waals surface area contributed by atoms with Crippen LogP contribution in [0, 0.1) is 10.1 Å². The number of non-ortho nitro benzene ring substituents is 1. The largest absolute Gasteiger partial charge is 0.367 e. The number of nitrogens with one attached hydrogen (secondary N) is 2. The van der Waals surface area contributed by atoms with Crippen molar-refractivity contribution in [2.45, 2.75) is 38.1 Å². The molecule has 0 aliphatic heterocycles. The Bertz CT molecular complexity index is 969. The number of nitro benzene ring substituents is 1. The van der Waals surface area contributed by atoms with E-state index in [1.54, 1.807) is 12.1 Å². The van der Waals surface area contributed by atoms with E-state index in [0.717, 1.165) is 29.6 Å². The fourth-order valence-electron chi connectivity index (χ4n) is 3.51. The number of rotatable bonds is 5. The van der Waals surface area contributed by atoms with Gasteiger partial charge in [-0.1, -0.05) is 37.5 Å². The summed E-state index contributed by atoms with van der Waals surface area (Å²) in [5.74, 6) is 1.23. The van der Waals surface area contributed by atoms with E-state index >= 15 is 0 Å². The van der Waals surface area contributed by atoms with Crippen LogP contribution in [0.25, 0.3) is 10.9 Å². The van der Waals surface area contributed by atoms with Gasteiger partial charge >= 0.3 is 0 Å². The van der Waals surface area contributed by atoms with Gasteiger partial charge in [0, 0.05) is 29.2 Å². The fraction of sp³-hybridized carbons (Fsp3) is 0.300. The third-order valence-corrected chi connectivity index (χ3v) is 4.86. The van der Waals surface area contributed by atoms with Crippen LogP contribution in [0.5, 0.6) is 0 Å². The number of para-hydroxylation sites is 1. The molecule has 0 atom stereocenters. The van der Waals surface area contributed by atoms with E-state index in [1.807, 2.05) is 24.3 Å². The Hall–Kier alpha value is -3.22. The lowest BCUT2D eigenvalue weighted by Gasteiger charge is -2.24. The summed E-state index contributed by atoms with van der Waals surface area (Å²) < 4.78 is 0. The highest BCUT2D eigenvalue weighted by atomic mass is 16.6. The molecule has 0 unspecified atom stereocenters. The van der Waals surface area contributed by atoms with Crippen LogP contribution in [-0.2, 0) is 0 Å². The Morgan fingerprint density at radius 2 is 1.81 bits per heavy atom. The van der Waals surface area contributed by atoms with Crippen molar-refractivity contribution in [3.05, 3.63) is 58.6 Å². The summed E-state index contributed by atoms with van der Waals surface area (Å²) in [5, 5.41) is 18.7. The van der Waals surface area contributed by atoms with Gasteiger partial charge in [0.2, 0.25) is 5.95 Å². The molecule has 0 saturated heterocycles. The molecule has 0 bridgehead atoms. The van der Waals surface area contributed by atoms with Crippen molar-refractivity contribution in [3.8, 4) is 0 Å². The summed E-state index contributed by atoms with van der Waals surface area (Å²) in [6.45, 7) is 0. The average molecular weight is 363 g/mol. The first kappa shape index (κ1) is 17.2. The Labute approximate surface area is 157 Å². The van der Waals surface area contributed by atoms with Crippen LogP contribution in [0.2, 0.25) is 0 Å². The van der Waals surface area contributed by atoms with Gasteiger partial charge in [-0.05, 0) is 31.0 Å². The third-order valence-electron chi connectivity index (χ3n) is 4.86. The highest BCUT2D eigenvalue weighted by Crippen LogP contribution is 2.28. The smallest absolute Gasteiger partial charge is 0.271 e. The van der Waals surface area contributed by atoms with Crippen molar-refractivity contribution in [2.24, 2.45) is 0 Å². The number of aromatic nitrogens is 2. The highest BCUT2D eigenvalue weighted by Gasteiger charge is 2.16. The Kier molecular flexibility index (Phi) is 4.82. The maximum Gasteiger partial charge on any atom is 0.271 e. The zero-order valence-electron chi connectivity index (χ0n) is 14.9. The van der Waals surface area contributed by atoms with Gasteiger partial charge in [-0.2, -0.15) is 4.98 Å². The van der Waals surface area contributed by atoms with Crippen LogP contribution in [0.4, 0.5) is 23.1 Å². The van der Waals surface area contributed by atoms with Gasteiger partial charge in [0.05, 0.1) is 10.4 Å². The number of nitro groups is 1. The molecule has 1 heterocycles. The van der Waals surface area contributed by atoms with Crippen LogP contribution < -0.4 is 10.6 Å². The van der Waals surface area contributed by atoms with E-state index in [2.05, 4.69) is 20.6 Å². The summed E-state index contributed by atoms with van der Waals surface area (Å²) in [5.41, 5.74) is 1.45. The maximum atomic E-state index is 11.0. The highest BCUT2D eigenvalue weighted by molar-refractivity contribution is 5.90. The maximum absolute atomic E-state index is 11.0. The molecule has 1 aromatic heterocycles. The number of hydrogen-bond donors (Lipinski definition) is 2. The second-order valence-corrected chi connectivity index (χ2v) is 6.82. The molecule has 1 aliphatic carbocycles. The molecule has 7 nitrogen and oxygen atoms in total. The van der Waals surface area contributed by atoms with Gasteiger partial charge in [-0.25, -0.2) is 4.98 Å². The topological polar surface area (TPSA) is 93.0 Å². The van der Waals surface area contributed by atoms with Crippen molar-refractivity contribution in [1.82, 2.24) is 9.97 Å². The van der Waals surface area contributed by atoms with Gasteiger partial charge in [-0.15, -0.1) is 0 Å². The first-order valence-electron chi connectivity index (χ1n) is 9.24. The quantitative estimate of drug-likeness (QED) is 0.488. The lowest BCUT2D eigenvalue weighted by atomic mass is 9.95. The lowest BCUT2D eigenvalue weighted by Crippen LogP contribution is -2.23. The first-order valence-corrected chi connectivity index (χ1v) is 9.24. The van der Waals surface area contributed by atoms with Crippen LogP contribution in [0.3, 0.4) is 0 Å². The predicted molar refractivity (Wildman–Crippen MR) is 106 cm³/mol. The van der Waals surface area contributed by atoms with E-state index < -0.39 is 4.92 Å². The van der Waals surface area contributed by atoms with Crippen molar-refractivity contribution in [2.75, 3.05) is 10.6 Å². The average Bonchev–Trinajstić information content (AvgIpc) is 2.69. The molecule has 0 spiro atoms. The van der Waals surface area contributed by atoms with Gasteiger partial charge in [-0.3, -0.25) is 10.1 Å². The molecule has 138 valence electrons.